The zero-order chi connectivity index (χ0) is 13.0. The molecule has 2 rings (SSSR count). The molecule has 0 spiro atoms. The smallest absolute Gasteiger partial charge is 0.171 e. The van der Waals surface area contributed by atoms with Gasteiger partial charge in [0.25, 0.3) is 0 Å². The Hall–Kier alpha value is -2.00. The first-order valence-corrected chi connectivity index (χ1v) is 5.68. The maximum Gasteiger partial charge on any atom is 0.171 e. The van der Waals surface area contributed by atoms with E-state index in [-0.39, 0.29) is 0 Å². The van der Waals surface area contributed by atoms with Crippen LogP contribution in [0.25, 0.3) is 0 Å². The Bertz CT molecular complexity index is 567. The number of para-hydroxylation sites is 2. The van der Waals surface area contributed by atoms with Gasteiger partial charge in [0.1, 0.15) is 5.75 Å². The minimum atomic E-state index is 0.396. The lowest BCUT2D eigenvalue weighted by atomic mass is 10.2. The number of methoxy groups -OCH3 is 1. The predicted molar refractivity (Wildman–Crippen MR) is 69.9 cm³/mol. The van der Waals surface area contributed by atoms with E-state index in [2.05, 4.69) is 0 Å². The molecule has 0 radical (unpaired) electrons. The summed E-state index contributed by atoms with van der Waals surface area (Å²) in [7, 11) is 1.49. The summed E-state index contributed by atoms with van der Waals surface area (Å²) >= 11 is 6.01. The Morgan fingerprint density at radius 2 is 1.78 bits per heavy atom. The van der Waals surface area contributed by atoms with Crippen LogP contribution in [-0.4, -0.2) is 13.4 Å². The lowest BCUT2D eigenvalue weighted by molar-refractivity contribution is 0.112. The van der Waals surface area contributed by atoms with Crippen LogP contribution in [-0.2, 0) is 0 Å². The van der Waals surface area contributed by atoms with E-state index in [0.29, 0.717) is 27.8 Å². The van der Waals surface area contributed by atoms with E-state index in [4.69, 9.17) is 21.1 Å². The van der Waals surface area contributed by atoms with Crippen LogP contribution in [0.4, 0.5) is 0 Å². The third kappa shape index (κ3) is 2.46. The maximum absolute atomic E-state index is 10.9. The molecule has 0 aliphatic heterocycles. The zero-order valence-electron chi connectivity index (χ0n) is 9.72. The van der Waals surface area contributed by atoms with Gasteiger partial charge in [-0.1, -0.05) is 29.8 Å². The molecule has 0 saturated carbocycles. The van der Waals surface area contributed by atoms with Crippen molar-refractivity contribution in [1.82, 2.24) is 0 Å². The molecule has 2 aromatic rings. The molecule has 0 heterocycles. The van der Waals surface area contributed by atoms with E-state index >= 15 is 0 Å². The van der Waals surface area contributed by atoms with E-state index < -0.39 is 0 Å². The highest BCUT2D eigenvalue weighted by Crippen LogP contribution is 2.36. The van der Waals surface area contributed by atoms with Crippen LogP contribution in [0.2, 0.25) is 5.02 Å². The van der Waals surface area contributed by atoms with Gasteiger partial charge >= 0.3 is 0 Å². The van der Waals surface area contributed by atoms with Gasteiger partial charge in [-0.25, -0.2) is 0 Å². The predicted octanol–water partition coefficient (Wildman–Crippen LogP) is 3.95. The number of carbonyl (C=O) groups is 1. The fourth-order valence-corrected chi connectivity index (χ4v) is 1.74. The van der Waals surface area contributed by atoms with Gasteiger partial charge in [-0.3, -0.25) is 4.79 Å². The number of ether oxygens (including phenoxy) is 2. The molecule has 0 amide bonds. The first-order valence-electron chi connectivity index (χ1n) is 5.31. The second kappa shape index (κ2) is 5.56. The van der Waals surface area contributed by atoms with E-state index in [1.54, 1.807) is 30.3 Å². The molecule has 0 unspecified atom stereocenters. The van der Waals surface area contributed by atoms with E-state index in [0.717, 1.165) is 6.29 Å². The summed E-state index contributed by atoms with van der Waals surface area (Å²) < 4.78 is 10.8. The summed E-state index contributed by atoms with van der Waals surface area (Å²) in [5.74, 6) is 1.36. The Kier molecular flexibility index (Phi) is 3.85. The molecule has 0 aliphatic carbocycles. The van der Waals surface area contributed by atoms with Gasteiger partial charge in [0, 0.05) is 0 Å². The van der Waals surface area contributed by atoms with Crippen molar-refractivity contribution >= 4 is 17.9 Å². The van der Waals surface area contributed by atoms with Gasteiger partial charge in [0.15, 0.2) is 17.8 Å². The van der Waals surface area contributed by atoms with Crippen LogP contribution in [0.15, 0.2) is 42.5 Å². The van der Waals surface area contributed by atoms with Gasteiger partial charge < -0.3 is 9.47 Å². The highest BCUT2D eigenvalue weighted by molar-refractivity contribution is 6.32. The lowest BCUT2D eigenvalue weighted by Crippen LogP contribution is -1.94. The van der Waals surface area contributed by atoms with E-state index in [1.165, 1.54) is 7.11 Å². The number of aldehydes is 1. The topological polar surface area (TPSA) is 35.5 Å². The number of rotatable bonds is 4. The van der Waals surface area contributed by atoms with Crippen molar-refractivity contribution in [1.29, 1.82) is 0 Å². The minimum Gasteiger partial charge on any atom is -0.492 e. The molecule has 18 heavy (non-hydrogen) atoms. The lowest BCUT2D eigenvalue weighted by Gasteiger charge is -2.12. The van der Waals surface area contributed by atoms with E-state index in [9.17, 15) is 4.79 Å². The number of benzene rings is 2. The number of hydrogen-bond donors (Lipinski definition) is 0. The average Bonchev–Trinajstić information content (AvgIpc) is 2.41. The molecule has 3 nitrogen and oxygen atoms in total. The monoisotopic (exact) mass is 262 g/mol. The van der Waals surface area contributed by atoms with Gasteiger partial charge in [0.2, 0.25) is 0 Å². The molecule has 0 saturated heterocycles. The van der Waals surface area contributed by atoms with Crippen molar-refractivity contribution in [3.63, 3.8) is 0 Å². The second-order valence-corrected chi connectivity index (χ2v) is 3.94. The summed E-state index contributed by atoms with van der Waals surface area (Å²) in [6.45, 7) is 0. The Morgan fingerprint density at radius 3 is 2.44 bits per heavy atom. The molecular weight excluding hydrogens is 252 g/mol. The minimum absolute atomic E-state index is 0.396. The van der Waals surface area contributed by atoms with Crippen molar-refractivity contribution in [2.24, 2.45) is 0 Å². The van der Waals surface area contributed by atoms with Crippen LogP contribution in [0.3, 0.4) is 0 Å². The van der Waals surface area contributed by atoms with Crippen molar-refractivity contribution < 1.29 is 14.3 Å². The molecule has 0 N–H and O–H groups in total. The number of halogens is 1. The third-order valence-electron chi connectivity index (χ3n) is 2.40. The summed E-state index contributed by atoms with van der Waals surface area (Å²) in [6, 6.07) is 12.2. The van der Waals surface area contributed by atoms with Crippen molar-refractivity contribution in [3.8, 4) is 17.2 Å². The first-order chi connectivity index (χ1) is 8.76. The molecule has 0 fully saturated rings. The van der Waals surface area contributed by atoms with Gasteiger partial charge in [0.05, 0.1) is 17.7 Å². The van der Waals surface area contributed by atoms with Crippen molar-refractivity contribution in [2.45, 2.75) is 0 Å². The molecule has 0 atom stereocenters. The zero-order valence-corrected chi connectivity index (χ0v) is 10.5. The molecule has 0 bridgehead atoms. The molecule has 0 aliphatic rings. The largest absolute Gasteiger partial charge is 0.492 e. The summed E-state index contributed by atoms with van der Waals surface area (Å²) in [5.41, 5.74) is 0.432. The Balaban J connectivity index is 2.40. The standard InChI is InChI=1S/C14H11ClO3/c1-17-14-10(9-16)5-4-8-13(14)18-12-7-3-2-6-11(12)15/h2-9H,1H3. The maximum atomic E-state index is 10.9. The molecule has 4 heteroatoms. The molecular formula is C14H11ClO3. The molecule has 0 aromatic heterocycles. The highest BCUT2D eigenvalue weighted by atomic mass is 35.5. The SMILES string of the molecule is COc1c(C=O)cccc1Oc1ccccc1Cl. The Labute approximate surface area is 110 Å². The second-order valence-electron chi connectivity index (χ2n) is 3.53. The summed E-state index contributed by atoms with van der Waals surface area (Å²) in [4.78, 5) is 10.9. The number of carbonyl (C=O) groups excluding carboxylic acids is 1. The van der Waals surface area contributed by atoms with Crippen molar-refractivity contribution in [3.05, 3.63) is 53.1 Å². The third-order valence-corrected chi connectivity index (χ3v) is 2.71. The Morgan fingerprint density at radius 1 is 1.06 bits per heavy atom. The van der Waals surface area contributed by atoms with Crippen LogP contribution < -0.4 is 9.47 Å². The fraction of sp³-hybridized carbons (Fsp3) is 0.0714. The molecule has 2 aromatic carbocycles. The van der Waals surface area contributed by atoms with Gasteiger partial charge in [-0.15, -0.1) is 0 Å². The van der Waals surface area contributed by atoms with E-state index in [1.807, 2.05) is 12.1 Å². The highest BCUT2D eigenvalue weighted by Gasteiger charge is 2.11. The van der Waals surface area contributed by atoms with Crippen molar-refractivity contribution in [2.75, 3.05) is 7.11 Å². The average molecular weight is 263 g/mol. The molecule has 92 valence electrons. The number of hydrogen-bond acceptors (Lipinski definition) is 3. The van der Waals surface area contributed by atoms with Crippen LogP contribution >= 0.6 is 11.6 Å². The summed E-state index contributed by atoms with van der Waals surface area (Å²) in [6.07, 6.45) is 0.721. The summed E-state index contributed by atoms with van der Waals surface area (Å²) in [5, 5.41) is 0.496. The first kappa shape index (κ1) is 12.5. The quantitative estimate of drug-likeness (QED) is 0.783. The normalized spacial score (nSPS) is 9.89. The van der Waals surface area contributed by atoms with Crippen LogP contribution in [0.5, 0.6) is 17.2 Å². The van der Waals surface area contributed by atoms with Crippen LogP contribution in [0.1, 0.15) is 10.4 Å². The van der Waals surface area contributed by atoms with Gasteiger partial charge in [-0.2, -0.15) is 0 Å². The van der Waals surface area contributed by atoms with Crippen LogP contribution in [0, 0.1) is 0 Å². The van der Waals surface area contributed by atoms with Gasteiger partial charge in [-0.05, 0) is 24.3 Å². The fourth-order valence-electron chi connectivity index (χ4n) is 1.57.